The summed E-state index contributed by atoms with van der Waals surface area (Å²) in [4.78, 5) is 15.4. The molecule has 1 aliphatic rings. The molecule has 0 amide bonds. The first-order valence-corrected chi connectivity index (χ1v) is 9.39. The van der Waals surface area contributed by atoms with E-state index >= 15 is 0 Å². The minimum atomic E-state index is -0.233. The minimum absolute atomic E-state index is 0.0470. The molecule has 3 rings (SSSR count). The third-order valence-corrected chi connectivity index (χ3v) is 5.04. The summed E-state index contributed by atoms with van der Waals surface area (Å²) in [5, 5.41) is 4.09. The maximum atomic E-state index is 13.4. The summed E-state index contributed by atoms with van der Waals surface area (Å²) >= 11 is 5.61. The Bertz CT molecular complexity index is 857. The Labute approximate surface area is 160 Å². The first-order valence-electron chi connectivity index (χ1n) is 8.98. The zero-order chi connectivity index (χ0) is 18.7. The third kappa shape index (κ3) is 3.56. The Morgan fingerprint density at radius 3 is 2.50 bits per heavy atom. The number of aryl methyl sites for hydroxylation is 1. The van der Waals surface area contributed by atoms with Gasteiger partial charge in [0.1, 0.15) is 0 Å². The molecule has 1 aliphatic heterocycles. The van der Waals surface area contributed by atoms with Gasteiger partial charge in [0.25, 0.3) is 0 Å². The lowest BCUT2D eigenvalue weighted by Gasteiger charge is -2.38. The average Bonchev–Trinajstić information content (AvgIpc) is 2.65. The van der Waals surface area contributed by atoms with Crippen LogP contribution in [0, 0.1) is 6.92 Å². The fraction of sp³-hybridized carbons (Fsp3) is 0.273. The van der Waals surface area contributed by atoms with Gasteiger partial charge < -0.3 is 10.2 Å². The van der Waals surface area contributed by atoms with E-state index in [1.165, 1.54) is 0 Å². The number of hydrogen-bond acceptors (Lipinski definition) is 2. The summed E-state index contributed by atoms with van der Waals surface area (Å²) < 4.78 is 0. The number of nitrogens with zero attached hydrogens (tertiary/aromatic N) is 1. The van der Waals surface area contributed by atoms with Gasteiger partial charge in [-0.2, -0.15) is 0 Å². The van der Waals surface area contributed by atoms with Gasteiger partial charge >= 0.3 is 0 Å². The van der Waals surface area contributed by atoms with Gasteiger partial charge in [0.15, 0.2) is 10.9 Å². The number of ketones is 1. The number of rotatable bonds is 5. The van der Waals surface area contributed by atoms with Crippen LogP contribution >= 0.6 is 12.2 Å². The molecule has 4 heteroatoms. The summed E-state index contributed by atoms with van der Waals surface area (Å²) in [5.41, 5.74) is 4.63. The molecular weight excluding hydrogens is 340 g/mol. The van der Waals surface area contributed by atoms with Crippen molar-refractivity contribution >= 4 is 23.1 Å². The quantitative estimate of drug-likeness (QED) is 0.610. The Balaban J connectivity index is 2.13. The van der Waals surface area contributed by atoms with Crippen molar-refractivity contribution in [2.75, 3.05) is 6.54 Å². The lowest BCUT2D eigenvalue weighted by Crippen LogP contribution is -2.47. The van der Waals surface area contributed by atoms with Crippen molar-refractivity contribution in [2.24, 2.45) is 0 Å². The molecular formula is C22H24N2OS. The van der Waals surface area contributed by atoms with Crippen LogP contribution < -0.4 is 5.32 Å². The first kappa shape index (κ1) is 18.3. The number of Topliss-reactive ketones (excluding diaryl/α,β-unsaturated/α-hetero) is 1. The molecule has 1 N–H and O–H groups in total. The second kappa shape index (κ2) is 7.83. The van der Waals surface area contributed by atoms with Crippen molar-refractivity contribution in [2.45, 2.75) is 33.2 Å². The van der Waals surface area contributed by atoms with E-state index in [-0.39, 0.29) is 11.8 Å². The SMILES string of the molecule is CCCN1C(=S)NC(c2cccc(C)c2)C(C(=O)c2ccccc2)=C1C. The van der Waals surface area contributed by atoms with Crippen LogP contribution in [0.3, 0.4) is 0 Å². The maximum Gasteiger partial charge on any atom is 0.193 e. The molecule has 1 unspecified atom stereocenters. The van der Waals surface area contributed by atoms with Gasteiger partial charge in [0.2, 0.25) is 0 Å². The summed E-state index contributed by atoms with van der Waals surface area (Å²) in [6.45, 7) is 6.97. The van der Waals surface area contributed by atoms with E-state index in [1.807, 2.05) is 54.3 Å². The van der Waals surface area contributed by atoms with E-state index in [9.17, 15) is 4.79 Å². The molecule has 0 saturated heterocycles. The number of carbonyl (C=O) groups is 1. The smallest absolute Gasteiger partial charge is 0.193 e. The molecule has 0 radical (unpaired) electrons. The molecule has 1 heterocycles. The van der Waals surface area contributed by atoms with Gasteiger partial charge in [-0.15, -0.1) is 0 Å². The van der Waals surface area contributed by atoms with Gasteiger partial charge in [-0.25, -0.2) is 0 Å². The number of nitrogens with one attached hydrogen (secondary N) is 1. The number of carbonyl (C=O) groups excluding carboxylic acids is 1. The topological polar surface area (TPSA) is 32.3 Å². The van der Waals surface area contributed by atoms with E-state index in [1.54, 1.807) is 0 Å². The maximum absolute atomic E-state index is 13.4. The molecule has 0 fully saturated rings. The number of allylic oxidation sites excluding steroid dienone is 1. The highest BCUT2D eigenvalue weighted by molar-refractivity contribution is 7.80. The molecule has 3 nitrogen and oxygen atoms in total. The van der Waals surface area contributed by atoms with Gasteiger partial charge in [0, 0.05) is 23.4 Å². The molecule has 26 heavy (non-hydrogen) atoms. The highest BCUT2D eigenvalue weighted by Gasteiger charge is 2.33. The van der Waals surface area contributed by atoms with Crippen LogP contribution in [0.25, 0.3) is 0 Å². The largest absolute Gasteiger partial charge is 0.351 e. The number of thiocarbonyl (C=S) groups is 1. The Hall–Kier alpha value is -2.46. The van der Waals surface area contributed by atoms with E-state index in [0.29, 0.717) is 10.7 Å². The molecule has 0 spiro atoms. The van der Waals surface area contributed by atoms with E-state index in [4.69, 9.17) is 12.2 Å². The van der Waals surface area contributed by atoms with Crippen LogP contribution in [-0.2, 0) is 0 Å². The van der Waals surface area contributed by atoms with E-state index in [0.717, 1.165) is 35.4 Å². The molecule has 0 saturated carbocycles. The predicted molar refractivity (Wildman–Crippen MR) is 110 cm³/mol. The standard InChI is InChI=1S/C22H24N2OS/c1-4-13-24-16(3)19(21(25)17-10-6-5-7-11-17)20(23-22(24)26)18-12-8-9-15(2)14-18/h5-12,14,20H,4,13H2,1-3H3,(H,23,26). The van der Waals surface area contributed by atoms with Crippen LogP contribution in [0.15, 0.2) is 65.9 Å². The highest BCUT2D eigenvalue weighted by atomic mass is 32.1. The number of benzene rings is 2. The average molecular weight is 365 g/mol. The summed E-state index contributed by atoms with van der Waals surface area (Å²) in [5.74, 6) is 0.0470. The van der Waals surface area contributed by atoms with Crippen LogP contribution in [-0.4, -0.2) is 22.3 Å². The molecule has 1 atom stereocenters. The summed E-state index contributed by atoms with van der Waals surface area (Å²) in [6.07, 6.45) is 0.959. The molecule has 2 aromatic carbocycles. The van der Waals surface area contributed by atoms with Crippen LogP contribution in [0.2, 0.25) is 0 Å². The zero-order valence-electron chi connectivity index (χ0n) is 15.5. The number of hydrogen-bond donors (Lipinski definition) is 1. The van der Waals surface area contributed by atoms with Crippen molar-refractivity contribution in [1.29, 1.82) is 0 Å². The van der Waals surface area contributed by atoms with E-state index < -0.39 is 0 Å². The van der Waals surface area contributed by atoms with Crippen molar-refractivity contribution in [3.05, 3.63) is 82.6 Å². The minimum Gasteiger partial charge on any atom is -0.351 e. The second-order valence-electron chi connectivity index (χ2n) is 6.64. The second-order valence-corrected chi connectivity index (χ2v) is 7.03. The van der Waals surface area contributed by atoms with Crippen molar-refractivity contribution < 1.29 is 4.79 Å². The lowest BCUT2D eigenvalue weighted by atomic mass is 9.88. The van der Waals surface area contributed by atoms with Crippen LogP contribution in [0.1, 0.15) is 47.8 Å². The normalized spacial score (nSPS) is 17.3. The molecule has 134 valence electrons. The predicted octanol–water partition coefficient (Wildman–Crippen LogP) is 4.79. The molecule has 0 aliphatic carbocycles. The van der Waals surface area contributed by atoms with Crippen LogP contribution in [0.4, 0.5) is 0 Å². The molecule has 0 bridgehead atoms. The van der Waals surface area contributed by atoms with Crippen molar-refractivity contribution in [3.63, 3.8) is 0 Å². The fourth-order valence-electron chi connectivity index (χ4n) is 3.41. The van der Waals surface area contributed by atoms with Crippen LogP contribution in [0.5, 0.6) is 0 Å². The molecule has 2 aromatic rings. The van der Waals surface area contributed by atoms with E-state index in [2.05, 4.69) is 31.3 Å². The van der Waals surface area contributed by atoms with Gasteiger partial charge in [-0.05, 0) is 38.0 Å². The fourth-order valence-corrected chi connectivity index (χ4v) is 3.76. The Kier molecular flexibility index (Phi) is 5.52. The van der Waals surface area contributed by atoms with Gasteiger partial charge in [-0.3, -0.25) is 4.79 Å². The highest BCUT2D eigenvalue weighted by Crippen LogP contribution is 2.33. The summed E-state index contributed by atoms with van der Waals surface area (Å²) in [7, 11) is 0. The van der Waals surface area contributed by atoms with Crippen molar-refractivity contribution in [1.82, 2.24) is 10.2 Å². The first-order chi connectivity index (χ1) is 12.5. The van der Waals surface area contributed by atoms with Gasteiger partial charge in [-0.1, -0.05) is 67.1 Å². The Morgan fingerprint density at radius 2 is 1.85 bits per heavy atom. The molecule has 0 aromatic heterocycles. The zero-order valence-corrected chi connectivity index (χ0v) is 16.3. The Morgan fingerprint density at radius 1 is 1.12 bits per heavy atom. The lowest BCUT2D eigenvalue weighted by molar-refractivity contribution is 0.102. The third-order valence-electron chi connectivity index (χ3n) is 4.70. The monoisotopic (exact) mass is 364 g/mol. The van der Waals surface area contributed by atoms with Crippen molar-refractivity contribution in [3.8, 4) is 0 Å². The summed E-state index contributed by atoms with van der Waals surface area (Å²) in [6, 6.07) is 17.5. The van der Waals surface area contributed by atoms with Gasteiger partial charge in [0.05, 0.1) is 6.04 Å².